The first-order chi connectivity index (χ1) is 11.1. The van der Waals surface area contributed by atoms with Crippen molar-refractivity contribution in [1.82, 2.24) is 19.1 Å². The van der Waals surface area contributed by atoms with Crippen molar-refractivity contribution in [3.63, 3.8) is 0 Å². The van der Waals surface area contributed by atoms with Gasteiger partial charge in [-0.05, 0) is 12.5 Å². The van der Waals surface area contributed by atoms with Crippen molar-refractivity contribution in [2.45, 2.75) is 18.3 Å². The van der Waals surface area contributed by atoms with Crippen molar-refractivity contribution in [3.8, 4) is 0 Å². The summed E-state index contributed by atoms with van der Waals surface area (Å²) in [5.41, 5.74) is 1.85. The molecule has 0 fully saturated rings. The zero-order chi connectivity index (χ0) is 16.4. The fourth-order valence-corrected chi connectivity index (χ4v) is 2.45. The first kappa shape index (κ1) is 15.6. The number of alkyl halides is 1. The predicted molar refractivity (Wildman–Crippen MR) is 94.9 cm³/mol. The Hall–Kier alpha value is -2.28. The third kappa shape index (κ3) is 3.24. The fraction of sp³-hybridized carbons (Fsp3) is 0.250. The number of halogens is 1. The van der Waals surface area contributed by atoms with Crippen LogP contribution < -0.4 is 5.56 Å². The second-order valence-corrected chi connectivity index (χ2v) is 6.71. The topological polar surface area (TPSA) is 65.1 Å². The number of aromatic nitrogens is 4. The van der Waals surface area contributed by atoms with E-state index in [1.54, 1.807) is 24.2 Å². The first-order valence-electron chi connectivity index (χ1n) is 7.20. The van der Waals surface area contributed by atoms with Gasteiger partial charge in [0, 0.05) is 24.6 Å². The molecule has 0 saturated carbocycles. The number of aliphatic imine (C=N–C) groups is 1. The third-order valence-electron chi connectivity index (χ3n) is 3.43. The molecule has 23 heavy (non-hydrogen) atoms. The van der Waals surface area contributed by atoms with Crippen molar-refractivity contribution < 1.29 is 0 Å². The molecular formula is C16H16BrN5O. The Bertz CT molecular complexity index is 911. The quantitative estimate of drug-likeness (QED) is 0.521. The molecule has 1 atom stereocenters. The third-order valence-corrected chi connectivity index (χ3v) is 3.67. The van der Waals surface area contributed by atoms with Gasteiger partial charge in [-0.25, -0.2) is 9.98 Å². The summed E-state index contributed by atoms with van der Waals surface area (Å²) in [6.07, 6.45) is 3.36. The Kier molecular flexibility index (Phi) is 4.38. The smallest absolute Gasteiger partial charge is 0.300 e. The lowest BCUT2D eigenvalue weighted by atomic mass is 10.2. The van der Waals surface area contributed by atoms with E-state index >= 15 is 0 Å². The zero-order valence-electron chi connectivity index (χ0n) is 12.8. The van der Waals surface area contributed by atoms with Gasteiger partial charge in [0.25, 0.3) is 0 Å². The summed E-state index contributed by atoms with van der Waals surface area (Å²) >= 11 is 3.38. The van der Waals surface area contributed by atoms with Gasteiger partial charge in [-0.2, -0.15) is 4.98 Å². The van der Waals surface area contributed by atoms with Gasteiger partial charge >= 0.3 is 5.56 Å². The minimum atomic E-state index is -0.319. The summed E-state index contributed by atoms with van der Waals surface area (Å²) in [6.45, 7) is 2.52. The van der Waals surface area contributed by atoms with Crippen LogP contribution >= 0.6 is 15.9 Å². The van der Waals surface area contributed by atoms with Gasteiger partial charge in [0.2, 0.25) is 5.95 Å². The number of aryl methyl sites for hydroxylation is 1. The first-order valence-corrected chi connectivity index (χ1v) is 8.12. The Balaban J connectivity index is 2.07. The zero-order valence-corrected chi connectivity index (χ0v) is 14.4. The van der Waals surface area contributed by atoms with E-state index in [4.69, 9.17) is 0 Å². The van der Waals surface area contributed by atoms with Gasteiger partial charge in [-0.1, -0.05) is 46.3 Å². The molecule has 0 bridgehead atoms. The summed E-state index contributed by atoms with van der Waals surface area (Å²) in [5, 5.41) is 0. The average molecular weight is 374 g/mol. The van der Waals surface area contributed by atoms with Crippen LogP contribution in [0.1, 0.15) is 12.5 Å². The van der Waals surface area contributed by atoms with Crippen LogP contribution in [0.5, 0.6) is 0 Å². The molecule has 1 unspecified atom stereocenters. The number of hydrogen-bond acceptors (Lipinski definition) is 4. The second-order valence-electron chi connectivity index (χ2n) is 5.26. The molecule has 3 aromatic rings. The highest BCUT2D eigenvalue weighted by molar-refractivity contribution is 9.09. The maximum Gasteiger partial charge on any atom is 0.300 e. The van der Waals surface area contributed by atoms with Crippen LogP contribution in [-0.2, 0) is 13.6 Å². The summed E-state index contributed by atoms with van der Waals surface area (Å²) < 4.78 is 3.55. The molecule has 0 spiro atoms. The number of hydrogen-bond donors (Lipinski definition) is 0. The molecule has 1 aromatic carbocycles. The standard InChI is InChI=1S/C16H16BrN5O/c1-11(17)8-18-16-20-15(23)13-14(21(16)2)19-10-22(13)9-12-6-4-3-5-7-12/h3-8,10-11H,9H2,1-2H3/b18-8+. The molecule has 6 nitrogen and oxygen atoms in total. The minimum absolute atomic E-state index is 0.103. The lowest BCUT2D eigenvalue weighted by molar-refractivity contribution is 0.817. The van der Waals surface area contributed by atoms with E-state index in [1.165, 1.54) is 0 Å². The monoisotopic (exact) mass is 373 g/mol. The molecule has 2 heterocycles. The van der Waals surface area contributed by atoms with E-state index in [1.807, 2.05) is 41.8 Å². The van der Waals surface area contributed by atoms with Crippen LogP contribution in [0.4, 0.5) is 5.95 Å². The van der Waals surface area contributed by atoms with Gasteiger partial charge in [0.15, 0.2) is 11.2 Å². The highest BCUT2D eigenvalue weighted by Gasteiger charge is 2.13. The molecule has 0 aliphatic heterocycles. The van der Waals surface area contributed by atoms with E-state index in [-0.39, 0.29) is 10.4 Å². The molecule has 0 aliphatic carbocycles. The lowest BCUT2D eigenvalue weighted by Crippen LogP contribution is -2.15. The molecule has 0 amide bonds. The average Bonchev–Trinajstić information content (AvgIpc) is 2.95. The van der Waals surface area contributed by atoms with Gasteiger partial charge in [-0.15, -0.1) is 0 Å². The summed E-state index contributed by atoms with van der Waals surface area (Å²) in [7, 11) is 1.81. The Morgan fingerprint density at radius 3 is 2.78 bits per heavy atom. The van der Waals surface area contributed by atoms with Crippen molar-refractivity contribution >= 4 is 39.3 Å². The van der Waals surface area contributed by atoms with E-state index in [9.17, 15) is 4.79 Å². The molecule has 7 heteroatoms. The van der Waals surface area contributed by atoms with E-state index in [2.05, 4.69) is 30.9 Å². The highest BCUT2D eigenvalue weighted by Crippen LogP contribution is 2.15. The molecule has 0 saturated heterocycles. The summed E-state index contributed by atoms with van der Waals surface area (Å²) in [4.78, 5) is 25.2. The number of imidazole rings is 1. The molecule has 2 aromatic heterocycles. The van der Waals surface area contributed by atoms with Crippen LogP contribution in [0.15, 0.2) is 46.4 Å². The van der Waals surface area contributed by atoms with Crippen LogP contribution in [0.3, 0.4) is 0 Å². The van der Waals surface area contributed by atoms with E-state index in [0.717, 1.165) is 5.56 Å². The van der Waals surface area contributed by atoms with Gasteiger partial charge in [0.05, 0.1) is 6.33 Å². The Morgan fingerprint density at radius 1 is 1.35 bits per heavy atom. The van der Waals surface area contributed by atoms with Crippen LogP contribution in [0.2, 0.25) is 0 Å². The second kappa shape index (κ2) is 6.45. The minimum Gasteiger partial charge on any atom is -0.320 e. The fourth-order valence-electron chi connectivity index (χ4n) is 2.33. The van der Waals surface area contributed by atoms with Crippen LogP contribution in [-0.4, -0.2) is 30.1 Å². The molecule has 0 N–H and O–H groups in total. The van der Waals surface area contributed by atoms with E-state index in [0.29, 0.717) is 23.7 Å². The Morgan fingerprint density at radius 2 is 2.09 bits per heavy atom. The number of nitrogens with zero attached hydrogens (tertiary/aromatic N) is 5. The van der Waals surface area contributed by atoms with Gasteiger partial charge < -0.3 is 4.57 Å². The lowest BCUT2D eigenvalue weighted by Gasteiger charge is -2.06. The Labute approximate surface area is 141 Å². The number of fused-ring (bicyclic) bond motifs is 1. The summed E-state index contributed by atoms with van der Waals surface area (Å²) in [5.74, 6) is 0.346. The molecule has 3 rings (SSSR count). The van der Waals surface area contributed by atoms with Crippen LogP contribution in [0, 0.1) is 0 Å². The van der Waals surface area contributed by atoms with Gasteiger partial charge in [0.1, 0.15) is 0 Å². The van der Waals surface area contributed by atoms with Crippen LogP contribution in [0.25, 0.3) is 11.2 Å². The normalized spacial score (nSPS) is 13.0. The van der Waals surface area contributed by atoms with E-state index < -0.39 is 0 Å². The number of benzene rings is 1. The largest absolute Gasteiger partial charge is 0.320 e. The van der Waals surface area contributed by atoms with Crippen molar-refractivity contribution in [2.75, 3.05) is 0 Å². The maximum absolute atomic E-state index is 12.4. The van der Waals surface area contributed by atoms with Crippen molar-refractivity contribution in [2.24, 2.45) is 12.0 Å². The highest BCUT2D eigenvalue weighted by atomic mass is 79.9. The maximum atomic E-state index is 12.4. The molecule has 0 aliphatic rings. The number of rotatable bonds is 4. The molecular weight excluding hydrogens is 358 g/mol. The summed E-state index contributed by atoms with van der Waals surface area (Å²) in [6, 6.07) is 9.93. The predicted octanol–water partition coefficient (Wildman–Crippen LogP) is 2.66. The SMILES string of the molecule is CC(Br)/C=N/c1nc(=O)c2c(ncn2Cc2ccccc2)n1C. The van der Waals surface area contributed by atoms with Crippen molar-refractivity contribution in [3.05, 3.63) is 52.6 Å². The van der Waals surface area contributed by atoms with Crippen molar-refractivity contribution in [1.29, 1.82) is 0 Å². The molecule has 118 valence electrons. The molecule has 0 radical (unpaired) electrons. The van der Waals surface area contributed by atoms with Gasteiger partial charge in [-0.3, -0.25) is 9.36 Å².